The Morgan fingerprint density at radius 2 is 2.00 bits per heavy atom. The third-order valence-corrected chi connectivity index (χ3v) is 3.05. The Labute approximate surface area is 73.0 Å². The largest absolute Gasteiger partial charge is 0.394 e. The molecular formula is C8H18O2S. The van der Waals surface area contributed by atoms with Crippen molar-refractivity contribution in [3.63, 3.8) is 0 Å². The second-order valence-corrected chi connectivity index (χ2v) is 3.96. The standard InChI is InChI=1S/C8H18O2S/c1-3-7(2)5-11-6-8(10)4-9/h7-10H,3-6H2,1-2H3. The zero-order valence-electron chi connectivity index (χ0n) is 7.29. The Hall–Kier alpha value is 0.270. The molecule has 2 atom stereocenters. The van der Waals surface area contributed by atoms with Crippen molar-refractivity contribution in [3.05, 3.63) is 0 Å². The highest BCUT2D eigenvalue weighted by Crippen LogP contribution is 2.11. The van der Waals surface area contributed by atoms with Crippen LogP contribution in [0.15, 0.2) is 0 Å². The zero-order chi connectivity index (χ0) is 8.69. The minimum absolute atomic E-state index is 0.118. The Morgan fingerprint density at radius 1 is 1.36 bits per heavy atom. The van der Waals surface area contributed by atoms with Crippen LogP contribution in [-0.2, 0) is 0 Å². The van der Waals surface area contributed by atoms with E-state index in [4.69, 9.17) is 10.2 Å². The lowest BCUT2D eigenvalue weighted by Crippen LogP contribution is -2.15. The lowest BCUT2D eigenvalue weighted by molar-refractivity contribution is 0.113. The maximum absolute atomic E-state index is 8.97. The van der Waals surface area contributed by atoms with Crippen LogP contribution in [0, 0.1) is 5.92 Å². The van der Waals surface area contributed by atoms with Crippen molar-refractivity contribution in [2.45, 2.75) is 26.4 Å². The zero-order valence-corrected chi connectivity index (χ0v) is 8.10. The van der Waals surface area contributed by atoms with Crippen LogP contribution in [-0.4, -0.2) is 34.4 Å². The molecule has 3 heteroatoms. The highest BCUT2D eigenvalue weighted by molar-refractivity contribution is 7.99. The van der Waals surface area contributed by atoms with E-state index in [0.29, 0.717) is 11.7 Å². The monoisotopic (exact) mass is 178 g/mol. The average Bonchev–Trinajstić information content (AvgIpc) is 2.04. The van der Waals surface area contributed by atoms with E-state index < -0.39 is 6.10 Å². The summed E-state index contributed by atoms with van der Waals surface area (Å²) < 4.78 is 0. The van der Waals surface area contributed by atoms with Gasteiger partial charge >= 0.3 is 0 Å². The van der Waals surface area contributed by atoms with Crippen molar-refractivity contribution in [2.24, 2.45) is 5.92 Å². The Balaban J connectivity index is 3.13. The Kier molecular flexibility index (Phi) is 7.12. The smallest absolute Gasteiger partial charge is 0.0861 e. The molecule has 68 valence electrons. The van der Waals surface area contributed by atoms with Gasteiger partial charge in [0.25, 0.3) is 0 Å². The van der Waals surface area contributed by atoms with Crippen molar-refractivity contribution in [1.29, 1.82) is 0 Å². The average molecular weight is 178 g/mol. The molecule has 2 N–H and O–H groups in total. The fourth-order valence-corrected chi connectivity index (χ4v) is 1.73. The maximum atomic E-state index is 8.97. The summed E-state index contributed by atoms with van der Waals surface area (Å²) in [6, 6.07) is 0. The first-order valence-electron chi connectivity index (χ1n) is 4.07. The summed E-state index contributed by atoms with van der Waals surface area (Å²) in [4.78, 5) is 0. The van der Waals surface area contributed by atoms with Crippen LogP contribution >= 0.6 is 11.8 Å². The molecule has 0 radical (unpaired) electrons. The van der Waals surface area contributed by atoms with Gasteiger partial charge in [0, 0.05) is 5.75 Å². The van der Waals surface area contributed by atoms with E-state index in [-0.39, 0.29) is 6.61 Å². The molecule has 2 unspecified atom stereocenters. The number of hydrogen-bond acceptors (Lipinski definition) is 3. The second-order valence-electron chi connectivity index (χ2n) is 2.89. The summed E-state index contributed by atoms with van der Waals surface area (Å²) in [5, 5.41) is 17.5. The van der Waals surface area contributed by atoms with Gasteiger partial charge in [-0.3, -0.25) is 0 Å². The highest BCUT2D eigenvalue weighted by atomic mass is 32.2. The molecule has 0 fully saturated rings. The minimum atomic E-state index is -0.538. The SMILES string of the molecule is CCC(C)CSCC(O)CO. The maximum Gasteiger partial charge on any atom is 0.0861 e. The predicted molar refractivity (Wildman–Crippen MR) is 49.9 cm³/mol. The first-order chi connectivity index (χ1) is 5.20. The molecule has 0 amide bonds. The molecule has 0 aromatic carbocycles. The van der Waals surface area contributed by atoms with Crippen molar-refractivity contribution >= 4 is 11.8 Å². The van der Waals surface area contributed by atoms with Gasteiger partial charge in [-0.1, -0.05) is 20.3 Å². The van der Waals surface area contributed by atoms with E-state index in [1.807, 2.05) is 0 Å². The van der Waals surface area contributed by atoms with Crippen molar-refractivity contribution < 1.29 is 10.2 Å². The Bertz CT molecular complexity index is 78.2. The van der Waals surface area contributed by atoms with Crippen LogP contribution in [0.2, 0.25) is 0 Å². The van der Waals surface area contributed by atoms with Crippen LogP contribution in [0.1, 0.15) is 20.3 Å². The molecule has 0 aromatic heterocycles. The third kappa shape index (κ3) is 6.66. The fourth-order valence-electron chi connectivity index (χ4n) is 0.576. The number of aliphatic hydroxyl groups excluding tert-OH is 2. The topological polar surface area (TPSA) is 40.5 Å². The van der Waals surface area contributed by atoms with Gasteiger partial charge in [-0.05, 0) is 11.7 Å². The molecule has 2 nitrogen and oxygen atoms in total. The first-order valence-corrected chi connectivity index (χ1v) is 5.22. The van der Waals surface area contributed by atoms with Gasteiger partial charge in [-0.2, -0.15) is 11.8 Å². The summed E-state index contributed by atoms with van der Waals surface area (Å²) in [6.45, 7) is 4.24. The molecule has 0 aromatic rings. The summed E-state index contributed by atoms with van der Waals surface area (Å²) >= 11 is 1.71. The number of rotatable bonds is 6. The van der Waals surface area contributed by atoms with Gasteiger partial charge in [0.15, 0.2) is 0 Å². The highest BCUT2D eigenvalue weighted by Gasteiger charge is 2.03. The summed E-state index contributed by atoms with van der Waals surface area (Å²) in [6.07, 6.45) is 0.645. The van der Waals surface area contributed by atoms with Gasteiger partial charge in [0.2, 0.25) is 0 Å². The molecule has 11 heavy (non-hydrogen) atoms. The fraction of sp³-hybridized carbons (Fsp3) is 1.00. The van der Waals surface area contributed by atoms with Gasteiger partial charge in [0.1, 0.15) is 0 Å². The van der Waals surface area contributed by atoms with Crippen molar-refractivity contribution in [3.8, 4) is 0 Å². The summed E-state index contributed by atoms with van der Waals surface area (Å²) in [5.41, 5.74) is 0. The predicted octanol–water partition coefficient (Wildman–Crippen LogP) is 1.12. The third-order valence-electron chi connectivity index (χ3n) is 1.62. The lowest BCUT2D eigenvalue weighted by Gasteiger charge is -2.09. The van der Waals surface area contributed by atoms with Crippen LogP contribution in [0.5, 0.6) is 0 Å². The molecular weight excluding hydrogens is 160 g/mol. The minimum Gasteiger partial charge on any atom is -0.394 e. The molecule has 0 aliphatic carbocycles. The number of hydrogen-bond donors (Lipinski definition) is 2. The molecule has 0 rings (SSSR count). The molecule has 0 aliphatic heterocycles. The number of thioether (sulfide) groups is 1. The van der Waals surface area contributed by atoms with E-state index >= 15 is 0 Å². The van der Waals surface area contributed by atoms with Crippen LogP contribution < -0.4 is 0 Å². The first kappa shape index (κ1) is 11.3. The van der Waals surface area contributed by atoms with E-state index in [0.717, 1.165) is 5.75 Å². The van der Waals surface area contributed by atoms with Crippen LogP contribution in [0.4, 0.5) is 0 Å². The number of aliphatic hydroxyl groups is 2. The molecule has 0 bridgehead atoms. The van der Waals surface area contributed by atoms with E-state index in [2.05, 4.69) is 13.8 Å². The van der Waals surface area contributed by atoms with Gasteiger partial charge < -0.3 is 10.2 Å². The van der Waals surface area contributed by atoms with Crippen molar-refractivity contribution in [2.75, 3.05) is 18.1 Å². The van der Waals surface area contributed by atoms with Crippen molar-refractivity contribution in [1.82, 2.24) is 0 Å². The summed E-state index contributed by atoms with van der Waals surface area (Å²) in [5.74, 6) is 2.44. The van der Waals surface area contributed by atoms with E-state index in [1.54, 1.807) is 11.8 Å². The van der Waals surface area contributed by atoms with E-state index in [9.17, 15) is 0 Å². The molecule has 0 saturated heterocycles. The van der Waals surface area contributed by atoms with Crippen LogP contribution in [0.25, 0.3) is 0 Å². The quantitative estimate of drug-likeness (QED) is 0.640. The second kappa shape index (κ2) is 6.95. The Morgan fingerprint density at radius 3 is 2.45 bits per heavy atom. The van der Waals surface area contributed by atoms with Gasteiger partial charge in [-0.25, -0.2) is 0 Å². The lowest BCUT2D eigenvalue weighted by atomic mass is 10.2. The molecule has 0 heterocycles. The summed E-state index contributed by atoms with van der Waals surface area (Å²) in [7, 11) is 0. The normalized spacial score (nSPS) is 16.4. The van der Waals surface area contributed by atoms with Crippen LogP contribution in [0.3, 0.4) is 0 Å². The van der Waals surface area contributed by atoms with Gasteiger partial charge in [0.05, 0.1) is 12.7 Å². The molecule has 0 spiro atoms. The molecule has 0 saturated carbocycles. The van der Waals surface area contributed by atoms with Gasteiger partial charge in [-0.15, -0.1) is 0 Å². The van der Waals surface area contributed by atoms with E-state index in [1.165, 1.54) is 6.42 Å². The molecule has 0 aliphatic rings.